The van der Waals surface area contributed by atoms with Crippen LogP contribution < -0.4 is 5.56 Å². The second-order valence-electron chi connectivity index (χ2n) is 10.7. The smallest absolute Gasteiger partial charge is 0.256 e. The largest absolute Gasteiger partial charge is 0.337 e. The van der Waals surface area contributed by atoms with E-state index >= 15 is 0 Å². The topological polar surface area (TPSA) is 66.1 Å². The number of hydrogen-bond donors (Lipinski definition) is 1. The summed E-state index contributed by atoms with van der Waals surface area (Å²) >= 11 is 7.69. The average Bonchev–Trinajstić information content (AvgIpc) is 3.53. The molecular formula is C28H28ClF2N3O2S. The lowest BCUT2D eigenvalue weighted by Gasteiger charge is -2.28. The Balaban J connectivity index is 1.19. The predicted octanol–water partition coefficient (Wildman–Crippen LogP) is 5.99. The molecule has 194 valence electrons. The quantitative estimate of drug-likeness (QED) is 0.430. The summed E-state index contributed by atoms with van der Waals surface area (Å²) < 4.78 is 27.2. The van der Waals surface area contributed by atoms with Crippen molar-refractivity contribution < 1.29 is 13.6 Å². The van der Waals surface area contributed by atoms with Gasteiger partial charge in [0.2, 0.25) is 11.8 Å². The van der Waals surface area contributed by atoms with Gasteiger partial charge in [0.1, 0.15) is 5.82 Å². The second kappa shape index (κ2) is 9.31. The number of nitrogens with zero attached hydrogens (tertiary/aromatic N) is 2. The van der Waals surface area contributed by atoms with Crippen molar-refractivity contribution in [1.29, 1.82) is 0 Å². The van der Waals surface area contributed by atoms with Crippen LogP contribution in [-0.4, -0.2) is 33.2 Å². The fourth-order valence-corrected chi connectivity index (χ4v) is 7.18. The number of nitrogens with one attached hydrogen (secondary N) is 1. The van der Waals surface area contributed by atoms with E-state index in [9.17, 15) is 18.4 Å². The van der Waals surface area contributed by atoms with Gasteiger partial charge in [0.25, 0.3) is 5.56 Å². The fourth-order valence-electron chi connectivity index (χ4n) is 5.71. The zero-order valence-corrected chi connectivity index (χ0v) is 21.9. The molecule has 37 heavy (non-hydrogen) atoms. The van der Waals surface area contributed by atoms with Gasteiger partial charge in [0, 0.05) is 35.7 Å². The van der Waals surface area contributed by atoms with Crippen LogP contribution in [0, 0.1) is 0 Å². The first-order valence-corrected chi connectivity index (χ1v) is 14.1. The first kappa shape index (κ1) is 24.7. The van der Waals surface area contributed by atoms with Crippen molar-refractivity contribution in [2.45, 2.75) is 75.2 Å². The molecule has 3 aromatic rings. The van der Waals surface area contributed by atoms with Crippen molar-refractivity contribution in [3.05, 3.63) is 84.2 Å². The van der Waals surface area contributed by atoms with E-state index in [1.807, 2.05) is 12.1 Å². The van der Waals surface area contributed by atoms with E-state index in [0.29, 0.717) is 42.2 Å². The third-order valence-corrected chi connectivity index (χ3v) is 9.54. The van der Waals surface area contributed by atoms with Crippen LogP contribution in [0.5, 0.6) is 0 Å². The van der Waals surface area contributed by atoms with Crippen molar-refractivity contribution in [3.8, 4) is 0 Å². The minimum atomic E-state index is -2.53. The standard InChI is InChI=1S/C28H28ClF2N3O2S/c29-20-3-1-2-17(12-20)13-24(35)34-11-6-22-21(15-34)25(36)33-26(32-22)27(9-10-27)23-14-19(16-37-23)18-4-7-28(30,31)8-5-18/h1-3,12,14,16,18H,4-11,13,15H2,(H,32,33,36). The molecule has 1 N–H and O–H groups in total. The number of hydrogen-bond acceptors (Lipinski definition) is 4. The Bertz CT molecular complexity index is 1400. The molecular weight excluding hydrogens is 516 g/mol. The number of aromatic nitrogens is 2. The molecule has 0 unspecified atom stereocenters. The van der Waals surface area contributed by atoms with Crippen molar-refractivity contribution in [2.24, 2.45) is 0 Å². The molecule has 1 aromatic carbocycles. The maximum absolute atomic E-state index is 13.6. The van der Waals surface area contributed by atoms with E-state index in [1.165, 1.54) is 0 Å². The maximum atomic E-state index is 13.6. The number of alkyl halides is 2. The normalized spacial score (nSPS) is 20.5. The van der Waals surface area contributed by atoms with E-state index in [-0.39, 0.29) is 48.6 Å². The van der Waals surface area contributed by atoms with Gasteiger partial charge in [0.15, 0.2) is 0 Å². The van der Waals surface area contributed by atoms with Crippen LogP contribution in [0.2, 0.25) is 5.02 Å². The lowest BCUT2D eigenvalue weighted by molar-refractivity contribution is -0.131. The minimum Gasteiger partial charge on any atom is -0.337 e. The third kappa shape index (κ3) is 4.86. The van der Waals surface area contributed by atoms with E-state index in [0.717, 1.165) is 34.5 Å². The molecule has 3 aliphatic rings. The van der Waals surface area contributed by atoms with Gasteiger partial charge < -0.3 is 9.88 Å². The summed E-state index contributed by atoms with van der Waals surface area (Å²) in [7, 11) is 0. The number of benzene rings is 1. The van der Waals surface area contributed by atoms with E-state index < -0.39 is 5.92 Å². The summed E-state index contributed by atoms with van der Waals surface area (Å²) in [5.74, 6) is -1.71. The number of rotatable bonds is 5. The van der Waals surface area contributed by atoms with E-state index in [2.05, 4.69) is 16.4 Å². The minimum absolute atomic E-state index is 0.0401. The van der Waals surface area contributed by atoms with Gasteiger partial charge >= 0.3 is 0 Å². The first-order chi connectivity index (χ1) is 17.7. The molecule has 3 heterocycles. The molecule has 2 aromatic heterocycles. The summed E-state index contributed by atoms with van der Waals surface area (Å²) in [5.41, 5.74) is 2.82. The molecule has 9 heteroatoms. The van der Waals surface area contributed by atoms with Crippen molar-refractivity contribution in [1.82, 2.24) is 14.9 Å². The van der Waals surface area contributed by atoms with Gasteiger partial charge in [-0.3, -0.25) is 9.59 Å². The Morgan fingerprint density at radius 2 is 1.97 bits per heavy atom. The monoisotopic (exact) mass is 543 g/mol. The van der Waals surface area contributed by atoms with Crippen molar-refractivity contribution >= 4 is 28.8 Å². The molecule has 1 aliphatic heterocycles. The lowest BCUT2D eigenvalue weighted by atomic mass is 9.83. The molecule has 2 saturated carbocycles. The SMILES string of the molecule is O=C(Cc1cccc(Cl)c1)N1CCc2nc(C3(c4cc(C5CCC(F)(F)CC5)cs4)CC3)[nH]c(=O)c2C1. The highest BCUT2D eigenvalue weighted by Gasteiger charge is 2.50. The van der Waals surface area contributed by atoms with Crippen LogP contribution in [0.3, 0.4) is 0 Å². The maximum Gasteiger partial charge on any atom is 0.256 e. The van der Waals surface area contributed by atoms with Gasteiger partial charge in [-0.2, -0.15) is 0 Å². The van der Waals surface area contributed by atoms with Crippen LogP contribution in [0.15, 0.2) is 40.5 Å². The number of carbonyl (C=O) groups is 1. The van der Waals surface area contributed by atoms with Gasteiger partial charge in [-0.15, -0.1) is 11.3 Å². The Morgan fingerprint density at radius 1 is 1.19 bits per heavy atom. The Morgan fingerprint density at radius 3 is 2.70 bits per heavy atom. The van der Waals surface area contributed by atoms with Gasteiger partial charge in [-0.25, -0.2) is 13.8 Å². The Labute approximate surface area is 222 Å². The highest BCUT2D eigenvalue weighted by atomic mass is 35.5. The Kier molecular flexibility index (Phi) is 6.23. The van der Waals surface area contributed by atoms with Crippen LogP contribution in [0.25, 0.3) is 0 Å². The van der Waals surface area contributed by atoms with E-state index in [1.54, 1.807) is 28.4 Å². The van der Waals surface area contributed by atoms with Crippen molar-refractivity contribution in [2.75, 3.05) is 6.54 Å². The average molecular weight is 544 g/mol. The molecule has 0 radical (unpaired) electrons. The molecule has 0 spiro atoms. The summed E-state index contributed by atoms with van der Waals surface area (Å²) in [6, 6.07) is 9.41. The second-order valence-corrected chi connectivity index (χ2v) is 12.0. The number of fused-ring (bicyclic) bond motifs is 1. The highest BCUT2D eigenvalue weighted by Crippen LogP contribution is 2.55. The predicted molar refractivity (Wildman–Crippen MR) is 140 cm³/mol. The summed E-state index contributed by atoms with van der Waals surface area (Å²) in [6.07, 6.45) is 3.51. The first-order valence-electron chi connectivity index (χ1n) is 12.8. The number of H-pyrrole nitrogens is 1. The molecule has 2 aliphatic carbocycles. The molecule has 2 fully saturated rings. The molecule has 0 bridgehead atoms. The molecule has 1 amide bonds. The molecule has 0 atom stereocenters. The van der Waals surface area contributed by atoms with Crippen LogP contribution >= 0.6 is 22.9 Å². The van der Waals surface area contributed by atoms with Crippen molar-refractivity contribution in [3.63, 3.8) is 0 Å². The zero-order valence-electron chi connectivity index (χ0n) is 20.4. The number of halogens is 3. The summed E-state index contributed by atoms with van der Waals surface area (Å²) in [5, 5.41) is 2.69. The van der Waals surface area contributed by atoms with Crippen LogP contribution in [-0.2, 0) is 29.6 Å². The Hall–Kier alpha value is -2.58. The highest BCUT2D eigenvalue weighted by molar-refractivity contribution is 7.10. The number of amides is 1. The number of aromatic amines is 1. The summed E-state index contributed by atoms with van der Waals surface area (Å²) in [4.78, 5) is 36.9. The number of carbonyl (C=O) groups excluding carboxylic acids is 1. The van der Waals surface area contributed by atoms with Gasteiger partial charge in [0.05, 0.1) is 29.6 Å². The van der Waals surface area contributed by atoms with Gasteiger partial charge in [-0.1, -0.05) is 23.7 Å². The van der Waals surface area contributed by atoms with Crippen LogP contribution in [0.4, 0.5) is 8.78 Å². The zero-order chi connectivity index (χ0) is 25.8. The van der Waals surface area contributed by atoms with Crippen LogP contribution in [0.1, 0.15) is 77.5 Å². The summed E-state index contributed by atoms with van der Waals surface area (Å²) in [6.45, 7) is 0.768. The molecule has 5 nitrogen and oxygen atoms in total. The van der Waals surface area contributed by atoms with Gasteiger partial charge in [-0.05, 0) is 66.3 Å². The fraction of sp³-hybridized carbons (Fsp3) is 0.464. The van der Waals surface area contributed by atoms with E-state index in [4.69, 9.17) is 16.6 Å². The molecule has 0 saturated heterocycles. The number of thiophene rings is 1. The molecule has 6 rings (SSSR count). The third-order valence-electron chi connectivity index (χ3n) is 8.15. The lowest BCUT2D eigenvalue weighted by Crippen LogP contribution is -2.41.